The largest absolute Gasteiger partial charge is 0.390 e. The van der Waals surface area contributed by atoms with E-state index in [1.807, 2.05) is 68.4 Å². The molecule has 8 heteroatoms. The standard InChI is InChI=1S/C34H49ClN2O4S/c1-23(2)17-31(38)32(39)30(19-26-13-8-5-9-14-26)37-33(40)24(3)21-36-34(41)27(18-25-11-6-4-7-12-25)22-42-29-16-10-15-28(35)20-29/h4,6-7,10-12,15-16,20,23-24,26-27,30-32,38-39H,5,8-9,13-14,17-19,21-22H2,1-3H3,(H,36,41)(H,37,40)/t24-,27-,30+,31+,32-/m1/s1. The van der Waals surface area contributed by atoms with Gasteiger partial charge in [0.1, 0.15) is 6.10 Å². The number of halogens is 1. The van der Waals surface area contributed by atoms with Crippen molar-refractivity contribution in [3.05, 3.63) is 65.2 Å². The highest BCUT2D eigenvalue weighted by molar-refractivity contribution is 7.99. The van der Waals surface area contributed by atoms with Crippen LogP contribution in [0.15, 0.2) is 59.5 Å². The van der Waals surface area contributed by atoms with Crippen LogP contribution in [0.5, 0.6) is 0 Å². The van der Waals surface area contributed by atoms with Crippen molar-refractivity contribution in [2.24, 2.45) is 23.7 Å². The van der Waals surface area contributed by atoms with Gasteiger partial charge in [0.25, 0.3) is 0 Å². The summed E-state index contributed by atoms with van der Waals surface area (Å²) in [7, 11) is 0. The number of hydrogen-bond donors (Lipinski definition) is 4. The van der Waals surface area contributed by atoms with Crippen LogP contribution in [-0.2, 0) is 16.0 Å². The van der Waals surface area contributed by atoms with Crippen LogP contribution in [0.25, 0.3) is 0 Å². The Morgan fingerprint density at radius 1 is 0.976 bits per heavy atom. The summed E-state index contributed by atoms with van der Waals surface area (Å²) in [6.07, 6.45) is 5.51. The molecule has 42 heavy (non-hydrogen) atoms. The number of aliphatic hydroxyl groups excluding tert-OH is 2. The van der Waals surface area contributed by atoms with E-state index >= 15 is 0 Å². The van der Waals surface area contributed by atoms with Gasteiger partial charge in [-0.3, -0.25) is 9.59 Å². The molecule has 0 unspecified atom stereocenters. The molecule has 2 aromatic rings. The van der Waals surface area contributed by atoms with Crippen molar-refractivity contribution >= 4 is 35.2 Å². The Hall–Kier alpha value is -2.06. The van der Waals surface area contributed by atoms with Crippen LogP contribution in [0.2, 0.25) is 5.02 Å². The Kier molecular flexibility index (Phi) is 14.7. The topological polar surface area (TPSA) is 98.7 Å². The van der Waals surface area contributed by atoms with Gasteiger partial charge in [0, 0.05) is 22.2 Å². The van der Waals surface area contributed by atoms with E-state index in [1.54, 1.807) is 18.7 Å². The Bertz CT molecular complexity index is 1100. The van der Waals surface area contributed by atoms with Crippen LogP contribution < -0.4 is 10.6 Å². The van der Waals surface area contributed by atoms with Gasteiger partial charge in [-0.25, -0.2) is 0 Å². The average Bonchev–Trinajstić information content (AvgIpc) is 2.97. The third-order valence-corrected chi connectivity index (χ3v) is 9.52. The zero-order chi connectivity index (χ0) is 30.5. The lowest BCUT2D eigenvalue weighted by Crippen LogP contribution is -2.52. The van der Waals surface area contributed by atoms with Gasteiger partial charge in [-0.05, 0) is 54.9 Å². The summed E-state index contributed by atoms with van der Waals surface area (Å²) in [6, 6.07) is 17.0. The molecule has 1 aliphatic carbocycles. The summed E-state index contributed by atoms with van der Waals surface area (Å²) in [4.78, 5) is 27.7. The molecular weight excluding hydrogens is 568 g/mol. The SMILES string of the molecule is CC(C)C[C@H](O)[C@H](O)[C@H](CC1CCCCC1)NC(=O)[C@H](C)CNC(=O)[C@@H](CSc1cccc(Cl)c1)Cc1ccccc1. The van der Waals surface area contributed by atoms with E-state index in [-0.39, 0.29) is 30.2 Å². The van der Waals surface area contributed by atoms with Crippen molar-refractivity contribution < 1.29 is 19.8 Å². The fourth-order valence-electron chi connectivity index (χ4n) is 5.65. The Morgan fingerprint density at radius 3 is 2.36 bits per heavy atom. The predicted octanol–water partition coefficient (Wildman–Crippen LogP) is 6.27. The van der Waals surface area contributed by atoms with Crippen molar-refractivity contribution in [2.45, 2.75) is 95.3 Å². The van der Waals surface area contributed by atoms with Gasteiger partial charge in [0.05, 0.1) is 24.0 Å². The average molecular weight is 617 g/mol. The maximum atomic E-state index is 13.4. The smallest absolute Gasteiger partial charge is 0.224 e. The second-order valence-corrected chi connectivity index (χ2v) is 13.9. The first-order valence-electron chi connectivity index (χ1n) is 15.5. The molecular formula is C34H49ClN2O4S. The molecule has 1 aliphatic rings. The zero-order valence-corrected chi connectivity index (χ0v) is 26.9. The first kappa shape index (κ1) is 34.4. The van der Waals surface area contributed by atoms with Crippen LogP contribution in [0, 0.1) is 23.7 Å². The molecule has 1 fully saturated rings. The van der Waals surface area contributed by atoms with Crippen molar-refractivity contribution in [2.75, 3.05) is 12.3 Å². The molecule has 0 aliphatic heterocycles. The Labute approximate surface area is 261 Å². The number of nitrogens with one attached hydrogen (secondary N) is 2. The van der Waals surface area contributed by atoms with E-state index in [1.165, 1.54) is 6.42 Å². The molecule has 0 radical (unpaired) electrons. The lowest BCUT2D eigenvalue weighted by Gasteiger charge is -2.33. The molecule has 5 atom stereocenters. The molecule has 6 nitrogen and oxygen atoms in total. The van der Waals surface area contributed by atoms with Gasteiger partial charge in [0.2, 0.25) is 11.8 Å². The van der Waals surface area contributed by atoms with Gasteiger partial charge >= 0.3 is 0 Å². The minimum absolute atomic E-state index is 0.0980. The van der Waals surface area contributed by atoms with E-state index in [2.05, 4.69) is 10.6 Å². The maximum Gasteiger partial charge on any atom is 0.224 e. The quantitative estimate of drug-likeness (QED) is 0.167. The number of aliphatic hydroxyl groups is 2. The number of hydrogen-bond acceptors (Lipinski definition) is 5. The number of carbonyl (C=O) groups excluding carboxylic acids is 2. The number of amides is 2. The maximum absolute atomic E-state index is 13.4. The summed E-state index contributed by atoms with van der Waals surface area (Å²) < 4.78 is 0. The predicted molar refractivity (Wildman–Crippen MR) is 173 cm³/mol. The summed E-state index contributed by atoms with van der Waals surface area (Å²) in [5.74, 6) is 0.129. The summed E-state index contributed by atoms with van der Waals surface area (Å²) in [5.41, 5.74) is 1.08. The second kappa shape index (κ2) is 17.9. The van der Waals surface area contributed by atoms with Crippen molar-refractivity contribution in [1.29, 1.82) is 0 Å². The normalized spacial score (nSPS) is 17.7. The van der Waals surface area contributed by atoms with E-state index in [4.69, 9.17) is 11.6 Å². The van der Waals surface area contributed by atoms with Crippen LogP contribution in [0.4, 0.5) is 0 Å². The monoisotopic (exact) mass is 616 g/mol. The number of carbonyl (C=O) groups is 2. The summed E-state index contributed by atoms with van der Waals surface area (Å²) >= 11 is 7.75. The Morgan fingerprint density at radius 2 is 1.69 bits per heavy atom. The van der Waals surface area contributed by atoms with Gasteiger partial charge in [-0.2, -0.15) is 0 Å². The summed E-state index contributed by atoms with van der Waals surface area (Å²) in [5, 5.41) is 28.4. The third-order valence-electron chi connectivity index (χ3n) is 8.13. The van der Waals surface area contributed by atoms with Crippen molar-refractivity contribution in [1.82, 2.24) is 10.6 Å². The van der Waals surface area contributed by atoms with E-state index in [9.17, 15) is 19.8 Å². The molecule has 0 saturated heterocycles. The molecule has 3 rings (SSSR count). The zero-order valence-electron chi connectivity index (χ0n) is 25.3. The number of rotatable bonds is 16. The molecule has 2 aromatic carbocycles. The third kappa shape index (κ3) is 11.9. The molecule has 0 heterocycles. The first-order chi connectivity index (χ1) is 20.1. The summed E-state index contributed by atoms with van der Waals surface area (Å²) in [6.45, 7) is 6.00. The highest BCUT2D eigenvalue weighted by Gasteiger charge is 2.32. The Balaban J connectivity index is 1.60. The molecule has 1 saturated carbocycles. The van der Waals surface area contributed by atoms with Gasteiger partial charge in [0.15, 0.2) is 0 Å². The van der Waals surface area contributed by atoms with Crippen LogP contribution >= 0.6 is 23.4 Å². The number of benzene rings is 2. The fraction of sp³-hybridized carbons (Fsp3) is 0.588. The minimum Gasteiger partial charge on any atom is -0.390 e. The van der Waals surface area contributed by atoms with Gasteiger partial charge in [-0.15, -0.1) is 11.8 Å². The van der Waals surface area contributed by atoms with Crippen LogP contribution in [0.3, 0.4) is 0 Å². The molecule has 2 amide bonds. The molecule has 4 N–H and O–H groups in total. The van der Waals surface area contributed by atoms with Crippen molar-refractivity contribution in [3.63, 3.8) is 0 Å². The first-order valence-corrected chi connectivity index (χ1v) is 16.8. The second-order valence-electron chi connectivity index (χ2n) is 12.3. The van der Waals surface area contributed by atoms with Crippen LogP contribution in [0.1, 0.15) is 71.3 Å². The van der Waals surface area contributed by atoms with Crippen molar-refractivity contribution in [3.8, 4) is 0 Å². The van der Waals surface area contributed by atoms with Crippen LogP contribution in [-0.4, -0.2) is 52.6 Å². The fourth-order valence-corrected chi connectivity index (χ4v) is 6.95. The lowest BCUT2D eigenvalue weighted by molar-refractivity contribution is -0.128. The van der Waals surface area contributed by atoms with E-state index in [0.717, 1.165) is 36.1 Å². The lowest BCUT2D eigenvalue weighted by atomic mass is 9.82. The molecule has 0 spiro atoms. The highest BCUT2D eigenvalue weighted by atomic mass is 35.5. The molecule has 0 aromatic heterocycles. The molecule has 232 valence electrons. The number of thioether (sulfide) groups is 1. The minimum atomic E-state index is -1.03. The highest BCUT2D eigenvalue weighted by Crippen LogP contribution is 2.29. The van der Waals surface area contributed by atoms with Gasteiger partial charge < -0.3 is 20.8 Å². The molecule has 0 bridgehead atoms. The van der Waals surface area contributed by atoms with E-state index in [0.29, 0.717) is 36.0 Å². The van der Waals surface area contributed by atoms with Gasteiger partial charge in [-0.1, -0.05) is 101 Å². The van der Waals surface area contributed by atoms with E-state index < -0.39 is 24.2 Å².